The van der Waals surface area contributed by atoms with Gasteiger partial charge in [0.2, 0.25) is 0 Å². The fourth-order valence-corrected chi connectivity index (χ4v) is 8.38. The van der Waals surface area contributed by atoms with Gasteiger partial charge < -0.3 is 4.90 Å². The maximum Gasteiger partial charge on any atom is 0.0527 e. The third-order valence-electron chi connectivity index (χ3n) is 13.5. The van der Waals surface area contributed by atoms with Gasteiger partial charge in [-0.1, -0.05) is 42.0 Å². The highest BCUT2D eigenvalue weighted by molar-refractivity contribution is 5.27. The largest absolute Gasteiger partial charge is 0.361 e. The maximum atomic E-state index is 4.49. The van der Waals surface area contributed by atoms with E-state index in [1.807, 2.05) is 0 Å². The molecular weight excluding hydrogens is 548 g/mol. The van der Waals surface area contributed by atoms with Crippen LogP contribution in [0.1, 0.15) is 152 Å². The third kappa shape index (κ3) is 6.68. The summed E-state index contributed by atoms with van der Waals surface area (Å²) in [4.78, 5) is 11.1. The predicted octanol–water partition coefficient (Wildman–Crippen LogP) is 10.5. The quantitative estimate of drug-likeness (QED) is 0.261. The lowest BCUT2D eigenvalue weighted by molar-refractivity contribution is -0.200. The summed E-state index contributed by atoms with van der Waals surface area (Å²) in [6, 6.07) is 0. The van der Waals surface area contributed by atoms with E-state index >= 15 is 0 Å². The van der Waals surface area contributed by atoms with Crippen molar-refractivity contribution >= 4 is 0 Å². The highest BCUT2D eigenvalue weighted by Crippen LogP contribution is 2.54. The summed E-state index contributed by atoms with van der Waals surface area (Å²) in [5.74, 6) is 0. The summed E-state index contributed by atoms with van der Waals surface area (Å²) in [6.07, 6.45) is 0. The molecule has 0 aliphatic carbocycles. The second kappa shape index (κ2) is 12.6. The van der Waals surface area contributed by atoms with E-state index in [0.717, 1.165) is 19.6 Å². The Morgan fingerprint density at radius 2 is 0.533 bits per heavy atom. The van der Waals surface area contributed by atoms with Gasteiger partial charge in [0.1, 0.15) is 0 Å². The summed E-state index contributed by atoms with van der Waals surface area (Å²) in [5, 5.41) is 0. The molecule has 0 saturated carbocycles. The minimum atomic E-state index is -0.301. The first-order chi connectivity index (χ1) is 19.6. The molecule has 0 bridgehead atoms. The molecule has 0 amide bonds. The van der Waals surface area contributed by atoms with Crippen molar-refractivity contribution in [2.45, 2.75) is 197 Å². The van der Waals surface area contributed by atoms with Crippen molar-refractivity contribution in [2.24, 2.45) is 0 Å². The highest BCUT2D eigenvalue weighted by Gasteiger charge is 2.64. The number of allylic oxidation sites excluding steroid dienone is 2. The Labute approximate surface area is 283 Å². The van der Waals surface area contributed by atoms with E-state index in [4.69, 9.17) is 0 Å². The minimum absolute atomic E-state index is 0.278. The van der Waals surface area contributed by atoms with Crippen LogP contribution >= 0.6 is 0 Å². The van der Waals surface area contributed by atoms with Crippen molar-refractivity contribution < 1.29 is 0 Å². The van der Waals surface area contributed by atoms with Crippen LogP contribution in [0.2, 0.25) is 0 Å². The van der Waals surface area contributed by atoms with Crippen LogP contribution in [0, 0.1) is 0 Å². The second-order valence-corrected chi connectivity index (χ2v) is 19.0. The first kappa shape index (κ1) is 41.7. The number of hydrogen-bond donors (Lipinski definition) is 0. The smallest absolute Gasteiger partial charge is 0.0527 e. The van der Waals surface area contributed by atoms with E-state index in [1.165, 1.54) is 28.0 Å². The molecule has 1 heterocycles. The fourth-order valence-electron chi connectivity index (χ4n) is 8.38. The van der Waals surface area contributed by atoms with E-state index in [9.17, 15) is 0 Å². The summed E-state index contributed by atoms with van der Waals surface area (Å²) in [7, 11) is 0. The van der Waals surface area contributed by atoms with Crippen LogP contribution in [-0.2, 0) is 0 Å². The molecule has 262 valence electrons. The number of hydrogen-bond acceptors (Lipinski definition) is 4. The lowest BCUT2D eigenvalue weighted by atomic mass is 9.64. The van der Waals surface area contributed by atoms with Crippen molar-refractivity contribution in [1.82, 2.24) is 19.6 Å². The van der Waals surface area contributed by atoms with Crippen LogP contribution in [-0.4, -0.2) is 83.5 Å². The summed E-state index contributed by atoms with van der Waals surface area (Å²) < 4.78 is 0. The fraction of sp³-hybridized carbons (Fsp3) is 0.805. The average molecular weight is 627 g/mol. The van der Waals surface area contributed by atoms with Crippen molar-refractivity contribution in [2.75, 3.05) is 19.6 Å². The van der Waals surface area contributed by atoms with Crippen LogP contribution in [0.5, 0.6) is 0 Å². The molecule has 0 atom stereocenters. The van der Waals surface area contributed by atoms with Gasteiger partial charge in [-0.25, -0.2) is 0 Å². The molecule has 0 aromatic carbocycles. The molecule has 0 aromatic rings. The zero-order valence-electron chi connectivity index (χ0n) is 34.5. The lowest BCUT2D eigenvalue weighted by Crippen LogP contribution is -2.84. The normalized spacial score (nSPS) is 25.9. The van der Waals surface area contributed by atoms with Gasteiger partial charge in [0.05, 0.1) is 11.1 Å². The van der Waals surface area contributed by atoms with Gasteiger partial charge in [0, 0.05) is 58.6 Å². The Bertz CT molecular complexity index is 1090. The minimum Gasteiger partial charge on any atom is -0.361 e. The molecule has 4 nitrogen and oxygen atoms in total. The number of rotatable bonds is 7. The van der Waals surface area contributed by atoms with Crippen LogP contribution in [0.3, 0.4) is 0 Å². The third-order valence-corrected chi connectivity index (χ3v) is 13.5. The van der Waals surface area contributed by atoms with Gasteiger partial charge in [-0.2, -0.15) is 0 Å². The lowest BCUT2D eigenvalue weighted by Gasteiger charge is -2.72. The maximum absolute atomic E-state index is 4.49. The SMILES string of the molecule is C=C(C)CN1C(C)(C)C(C)(C)N(CC(=C)C)C(C)(C)C(C)(C)N(C(C)=C(C)C)C(C)(C)C(C)(C)N(CC(=C)C)C(C)(C)C1(C)C. The molecular formula is C41H78N4. The molecule has 0 unspecified atom stereocenters. The molecule has 4 heteroatoms. The van der Waals surface area contributed by atoms with Gasteiger partial charge in [-0.05, 0) is 152 Å². The van der Waals surface area contributed by atoms with Crippen molar-refractivity contribution in [1.29, 1.82) is 0 Å². The Hall–Kier alpha value is -1.36. The Balaban J connectivity index is 4.77. The van der Waals surface area contributed by atoms with Gasteiger partial charge in [-0.15, -0.1) is 0 Å². The second-order valence-electron chi connectivity index (χ2n) is 19.0. The average Bonchev–Trinajstić information content (AvgIpc) is 2.82. The first-order valence-corrected chi connectivity index (χ1v) is 17.3. The van der Waals surface area contributed by atoms with Gasteiger partial charge in [0.25, 0.3) is 0 Å². The van der Waals surface area contributed by atoms with E-state index < -0.39 is 0 Å². The van der Waals surface area contributed by atoms with Gasteiger partial charge >= 0.3 is 0 Å². The van der Waals surface area contributed by atoms with Crippen molar-refractivity contribution in [3.63, 3.8) is 0 Å². The monoisotopic (exact) mass is 627 g/mol. The van der Waals surface area contributed by atoms with Crippen molar-refractivity contribution in [3.05, 3.63) is 47.7 Å². The summed E-state index contributed by atoms with van der Waals surface area (Å²) in [5.41, 5.74) is 3.93. The Morgan fingerprint density at radius 3 is 0.689 bits per heavy atom. The zero-order chi connectivity index (χ0) is 36.3. The standard InChI is InChI=1S/C41H78N4/c1-29(2)26-42-34(10,11)36(14,15)43(27-30(3)4)38(18,19)40(22,23)45(33(9)32(7)8)41(24,25)39(20,21)44(28-31(5)6)37(16,17)35(42,12)13/h1,3,5,26-28H2,2,4,6-25H3. The van der Waals surface area contributed by atoms with Gasteiger partial charge in [-0.3, -0.25) is 14.7 Å². The molecule has 1 saturated heterocycles. The zero-order valence-corrected chi connectivity index (χ0v) is 34.5. The molecule has 45 heavy (non-hydrogen) atoms. The molecule has 0 aromatic heterocycles. The van der Waals surface area contributed by atoms with E-state index in [1.54, 1.807) is 0 Å². The van der Waals surface area contributed by atoms with Gasteiger partial charge in [0.15, 0.2) is 0 Å². The summed E-state index contributed by atoms with van der Waals surface area (Å²) >= 11 is 0. The van der Waals surface area contributed by atoms with Crippen LogP contribution < -0.4 is 0 Å². The summed E-state index contributed by atoms with van der Waals surface area (Å²) in [6.45, 7) is 68.8. The Kier molecular flexibility index (Phi) is 11.7. The van der Waals surface area contributed by atoms with Crippen LogP contribution in [0.4, 0.5) is 0 Å². The van der Waals surface area contributed by atoms with Crippen LogP contribution in [0.25, 0.3) is 0 Å². The molecule has 1 rings (SSSR count). The first-order valence-electron chi connectivity index (χ1n) is 17.3. The molecule has 1 aliphatic rings. The Morgan fingerprint density at radius 1 is 0.356 bits per heavy atom. The molecule has 0 radical (unpaired) electrons. The van der Waals surface area contributed by atoms with E-state index in [0.29, 0.717) is 0 Å². The molecule has 0 spiro atoms. The van der Waals surface area contributed by atoms with Crippen molar-refractivity contribution in [3.8, 4) is 0 Å². The molecule has 1 aliphatic heterocycles. The predicted molar refractivity (Wildman–Crippen MR) is 203 cm³/mol. The topological polar surface area (TPSA) is 13.0 Å². The van der Waals surface area contributed by atoms with E-state index in [-0.39, 0.29) is 44.3 Å². The number of nitrogens with zero attached hydrogens (tertiary/aromatic N) is 4. The van der Waals surface area contributed by atoms with Crippen LogP contribution in [0.15, 0.2) is 47.7 Å². The molecule has 1 fully saturated rings. The highest BCUT2D eigenvalue weighted by atomic mass is 15.4. The van der Waals surface area contributed by atoms with E-state index in [2.05, 4.69) is 192 Å². The molecule has 0 N–H and O–H groups in total.